The molecule has 1 atom stereocenters. The number of alkyl halides is 2. The van der Waals surface area contributed by atoms with Crippen molar-refractivity contribution in [2.45, 2.75) is 19.4 Å². The van der Waals surface area contributed by atoms with Crippen LogP contribution in [-0.4, -0.2) is 10.9 Å². The zero-order valence-corrected chi connectivity index (χ0v) is 14.8. The molecule has 1 amide bonds. The maximum Gasteiger partial charge on any atom is 0.278 e. The van der Waals surface area contributed by atoms with Gasteiger partial charge in [0.2, 0.25) is 0 Å². The van der Waals surface area contributed by atoms with E-state index >= 15 is 0 Å². The molecule has 4 rings (SSSR count). The number of amides is 1. The van der Waals surface area contributed by atoms with E-state index in [9.17, 15) is 18.4 Å². The Balaban J connectivity index is 1.73. The topological polar surface area (TPSA) is 71.2 Å². The van der Waals surface area contributed by atoms with Crippen LogP contribution >= 0.6 is 0 Å². The Bertz CT molecular complexity index is 1120. The summed E-state index contributed by atoms with van der Waals surface area (Å²) in [6.45, 7) is 1.92. The van der Waals surface area contributed by atoms with E-state index in [1.807, 2.05) is 48.3 Å². The minimum atomic E-state index is -2.82. The molecule has 0 spiro atoms. The molecule has 1 aromatic heterocycles. The molecule has 28 heavy (non-hydrogen) atoms. The molecule has 1 aliphatic rings. The van der Waals surface area contributed by atoms with Gasteiger partial charge >= 0.3 is 0 Å². The summed E-state index contributed by atoms with van der Waals surface area (Å²) in [5, 5.41) is 2.84. The van der Waals surface area contributed by atoms with Gasteiger partial charge in [0.1, 0.15) is 17.1 Å². The summed E-state index contributed by atoms with van der Waals surface area (Å²) in [5.41, 5.74) is 0.865. The molecule has 0 fully saturated rings. The van der Waals surface area contributed by atoms with Gasteiger partial charge in [-0.1, -0.05) is 29.8 Å². The highest BCUT2D eigenvalue weighted by Gasteiger charge is 2.29. The lowest BCUT2D eigenvalue weighted by Gasteiger charge is -2.29. The number of aromatic nitrogens is 1. The summed E-state index contributed by atoms with van der Waals surface area (Å²) >= 11 is 0. The number of benzene rings is 2. The average Bonchev–Trinajstić information content (AvgIpc) is 2.68. The van der Waals surface area contributed by atoms with E-state index in [2.05, 4.69) is 5.32 Å². The second-order valence-corrected chi connectivity index (χ2v) is 6.54. The van der Waals surface area contributed by atoms with Crippen LogP contribution in [0.1, 0.15) is 45.2 Å². The number of pyridine rings is 1. The van der Waals surface area contributed by atoms with E-state index in [0.29, 0.717) is 11.5 Å². The summed E-state index contributed by atoms with van der Waals surface area (Å²) in [4.78, 5) is 26.9. The van der Waals surface area contributed by atoms with Gasteiger partial charge in [-0.2, -0.15) is 0 Å². The first-order valence-electron chi connectivity index (χ1n) is 8.63. The number of aromatic amines is 1. The first-order valence-corrected chi connectivity index (χ1v) is 8.63. The third-order valence-electron chi connectivity index (χ3n) is 4.61. The lowest BCUT2D eigenvalue weighted by molar-refractivity contribution is 0.0939. The first kappa shape index (κ1) is 17.9. The number of carbonyl (C=O) groups is 1. The second kappa shape index (κ2) is 6.92. The Hall–Kier alpha value is -3.48. The number of hydrogen-bond donors (Lipinski definition) is 2. The number of rotatable bonds is 3. The standard InChI is InChI=1S/C21H16F2N2O3/c1-11-6-9-17-14(10-11)18(12-4-2-3-5-16(12)28-17)25-21(27)13-7-8-15(19(22)23)24-20(13)26/h2-10,18-19H,1H3,(H,24,26)(H,25,27). The molecule has 1 unspecified atom stereocenters. The number of ether oxygens (including phenoxy) is 1. The zero-order valence-electron chi connectivity index (χ0n) is 14.8. The third kappa shape index (κ3) is 3.15. The van der Waals surface area contributed by atoms with Crippen molar-refractivity contribution in [3.05, 3.63) is 92.9 Å². The molecular weight excluding hydrogens is 366 g/mol. The van der Waals surface area contributed by atoms with Gasteiger partial charge in [-0.05, 0) is 37.3 Å². The smallest absolute Gasteiger partial charge is 0.278 e. The molecule has 142 valence electrons. The monoisotopic (exact) mass is 382 g/mol. The van der Waals surface area contributed by atoms with E-state index in [4.69, 9.17) is 4.74 Å². The van der Waals surface area contributed by atoms with Crippen molar-refractivity contribution in [2.24, 2.45) is 0 Å². The molecule has 3 aromatic rings. The molecule has 2 heterocycles. The minimum Gasteiger partial charge on any atom is -0.457 e. The van der Waals surface area contributed by atoms with Crippen LogP contribution in [0.4, 0.5) is 8.78 Å². The molecule has 7 heteroatoms. The van der Waals surface area contributed by atoms with Crippen molar-refractivity contribution in [2.75, 3.05) is 0 Å². The largest absolute Gasteiger partial charge is 0.457 e. The van der Waals surface area contributed by atoms with Crippen LogP contribution in [-0.2, 0) is 0 Å². The SMILES string of the molecule is Cc1ccc2c(c1)C(NC(=O)c1ccc(C(F)F)[nH]c1=O)c1ccccc1O2. The van der Waals surface area contributed by atoms with Crippen LogP contribution in [0.25, 0.3) is 0 Å². The fourth-order valence-electron chi connectivity index (χ4n) is 3.24. The molecule has 0 bridgehead atoms. The van der Waals surface area contributed by atoms with Gasteiger partial charge in [0.15, 0.2) is 0 Å². The average molecular weight is 382 g/mol. The van der Waals surface area contributed by atoms with Crippen LogP contribution in [0.3, 0.4) is 0 Å². The number of fused-ring (bicyclic) bond motifs is 2. The van der Waals surface area contributed by atoms with Crippen molar-refractivity contribution in [1.82, 2.24) is 10.3 Å². The Labute approximate surface area is 159 Å². The van der Waals surface area contributed by atoms with Gasteiger partial charge < -0.3 is 15.0 Å². The number of nitrogens with one attached hydrogen (secondary N) is 2. The Kier molecular flexibility index (Phi) is 4.43. The van der Waals surface area contributed by atoms with Crippen molar-refractivity contribution < 1.29 is 18.3 Å². The van der Waals surface area contributed by atoms with E-state index in [1.165, 1.54) is 0 Å². The predicted octanol–water partition coefficient (Wildman–Crippen LogP) is 4.25. The number of carbonyl (C=O) groups excluding carboxylic acids is 1. The number of para-hydroxylation sites is 1. The van der Waals surface area contributed by atoms with Crippen molar-refractivity contribution in [3.8, 4) is 11.5 Å². The molecule has 1 aliphatic heterocycles. The molecule has 2 N–H and O–H groups in total. The quantitative estimate of drug-likeness (QED) is 0.712. The van der Waals surface area contributed by atoms with Crippen molar-refractivity contribution in [3.63, 3.8) is 0 Å². The van der Waals surface area contributed by atoms with Gasteiger partial charge in [-0.25, -0.2) is 8.78 Å². The number of aryl methyl sites for hydroxylation is 1. The molecular formula is C21H16F2N2O3. The molecule has 0 saturated heterocycles. The summed E-state index contributed by atoms with van der Waals surface area (Å²) in [7, 11) is 0. The molecule has 5 nitrogen and oxygen atoms in total. The van der Waals surface area contributed by atoms with Crippen LogP contribution in [0.2, 0.25) is 0 Å². The summed E-state index contributed by atoms with van der Waals surface area (Å²) < 4.78 is 31.4. The fourth-order valence-corrected chi connectivity index (χ4v) is 3.24. The van der Waals surface area contributed by atoms with E-state index in [0.717, 1.165) is 28.8 Å². The number of H-pyrrole nitrogens is 1. The van der Waals surface area contributed by atoms with Gasteiger partial charge in [0.25, 0.3) is 17.9 Å². The van der Waals surface area contributed by atoms with E-state index < -0.39 is 29.6 Å². The maximum atomic E-state index is 12.8. The zero-order chi connectivity index (χ0) is 19.8. The van der Waals surface area contributed by atoms with Gasteiger partial charge in [-0.3, -0.25) is 9.59 Å². The highest BCUT2D eigenvalue weighted by atomic mass is 19.3. The maximum absolute atomic E-state index is 12.8. The van der Waals surface area contributed by atoms with Gasteiger partial charge in [0, 0.05) is 11.1 Å². The van der Waals surface area contributed by atoms with E-state index in [-0.39, 0.29) is 5.56 Å². The highest BCUT2D eigenvalue weighted by Crippen LogP contribution is 2.43. The summed E-state index contributed by atoms with van der Waals surface area (Å²) in [6.07, 6.45) is -2.82. The van der Waals surface area contributed by atoms with Crippen LogP contribution < -0.4 is 15.6 Å². The van der Waals surface area contributed by atoms with Crippen LogP contribution in [0, 0.1) is 6.92 Å². The van der Waals surface area contributed by atoms with Crippen molar-refractivity contribution >= 4 is 5.91 Å². The Morgan fingerprint density at radius 2 is 1.82 bits per heavy atom. The molecule has 2 aromatic carbocycles. The Morgan fingerprint density at radius 1 is 1.07 bits per heavy atom. The molecule has 0 radical (unpaired) electrons. The van der Waals surface area contributed by atoms with Crippen LogP contribution in [0.15, 0.2) is 59.4 Å². The summed E-state index contributed by atoms with van der Waals surface area (Å²) in [6, 6.07) is 14.5. The lowest BCUT2D eigenvalue weighted by atomic mass is 9.93. The third-order valence-corrected chi connectivity index (χ3v) is 4.61. The minimum absolute atomic E-state index is 0.234. The predicted molar refractivity (Wildman–Crippen MR) is 99.0 cm³/mol. The highest BCUT2D eigenvalue weighted by molar-refractivity contribution is 5.94. The number of hydrogen-bond acceptors (Lipinski definition) is 3. The summed E-state index contributed by atoms with van der Waals surface area (Å²) in [5.74, 6) is 0.555. The second-order valence-electron chi connectivity index (χ2n) is 6.54. The molecule has 0 aliphatic carbocycles. The molecule has 0 saturated carbocycles. The number of halogens is 2. The first-order chi connectivity index (χ1) is 13.4. The Morgan fingerprint density at radius 3 is 2.57 bits per heavy atom. The van der Waals surface area contributed by atoms with Gasteiger partial charge in [-0.15, -0.1) is 0 Å². The fraction of sp³-hybridized carbons (Fsp3) is 0.143. The lowest BCUT2D eigenvalue weighted by Crippen LogP contribution is -2.34. The normalized spacial score (nSPS) is 14.8. The van der Waals surface area contributed by atoms with Crippen molar-refractivity contribution in [1.29, 1.82) is 0 Å². The van der Waals surface area contributed by atoms with Crippen LogP contribution in [0.5, 0.6) is 11.5 Å². The van der Waals surface area contributed by atoms with Gasteiger partial charge in [0.05, 0.1) is 11.7 Å². The van der Waals surface area contributed by atoms with E-state index in [1.54, 1.807) is 6.07 Å².